The predicted molar refractivity (Wildman–Crippen MR) is 408 cm³/mol. The summed E-state index contributed by atoms with van der Waals surface area (Å²) in [4.78, 5) is 60.8. The van der Waals surface area contributed by atoms with Gasteiger partial charge in [-0.2, -0.15) is 0 Å². The second-order valence-corrected chi connectivity index (χ2v) is 36.0. The molecule has 5 heterocycles. The van der Waals surface area contributed by atoms with Gasteiger partial charge in [0.15, 0.2) is 0 Å². The van der Waals surface area contributed by atoms with Crippen LogP contribution in [0.5, 0.6) is 11.5 Å². The van der Waals surface area contributed by atoms with Crippen LogP contribution in [-0.2, 0) is 39.5 Å². The van der Waals surface area contributed by atoms with Gasteiger partial charge in [-0.05, 0) is 187 Å². The van der Waals surface area contributed by atoms with Crippen LogP contribution < -0.4 is 10.1 Å². The van der Waals surface area contributed by atoms with Crippen molar-refractivity contribution in [3.05, 3.63) is 119 Å². The fraction of sp³-hybridized carbons (Fsp3) is 0.647. The van der Waals surface area contributed by atoms with E-state index < -0.39 is 17.4 Å². The molecule has 4 aromatic carbocycles. The Morgan fingerprint density at radius 1 is 0.600 bits per heavy atom. The number of imide groups is 1. The number of rotatable bonds is 23. The van der Waals surface area contributed by atoms with Crippen LogP contribution in [0, 0.1) is 11.3 Å². The first-order valence-corrected chi connectivity index (χ1v) is 37.6. The SMILES string of the molecule is CC(C)(C)CC(C)(C)c1cc(-n2nc3ccccc3n2)c(O)c(C(C)(C)c2ccccc2)c1.CCCCCCCCCCCCC1CC(=O)N(C2CC(C)(C)NC(C)(C)C2)C1=O.COc1ccc(C=C(C(=O)OC2CC(C)(C)N(C)C(C)(C)C2)C(=O)OC2CC(C)(C)N(C)C(C)(C)C2)cc1. The average Bonchev–Trinajstić information content (AvgIpc) is 1.08. The number of amides is 2. The van der Waals surface area contributed by atoms with E-state index in [-0.39, 0.29) is 91.4 Å². The summed E-state index contributed by atoms with van der Waals surface area (Å²) in [5.41, 5.74) is 4.97. The Kier molecular flexibility index (Phi) is 26.3. The quantitative estimate of drug-likeness (QED) is 0.0158. The van der Waals surface area contributed by atoms with Gasteiger partial charge in [-0.15, -0.1) is 15.0 Å². The topological polar surface area (TPSA) is 169 Å². The summed E-state index contributed by atoms with van der Waals surface area (Å²) >= 11 is 0. The number of aromatic hydroxyl groups is 1. The number of likely N-dealkylation sites (tertiary alicyclic amines) is 3. The smallest absolute Gasteiger partial charge is 0.345 e. The van der Waals surface area contributed by atoms with Crippen molar-refractivity contribution in [1.29, 1.82) is 0 Å². The Balaban J connectivity index is 0.000000213. The largest absolute Gasteiger partial charge is 0.505 e. The summed E-state index contributed by atoms with van der Waals surface area (Å²) in [6.45, 7) is 43.9. The number of phenolic OH excluding ortho intramolecular Hbond substituents is 1. The second kappa shape index (κ2) is 32.5. The zero-order valence-corrected chi connectivity index (χ0v) is 66.0. The summed E-state index contributed by atoms with van der Waals surface area (Å²) in [7, 11) is 5.81. The van der Waals surface area contributed by atoms with Gasteiger partial charge in [0.2, 0.25) is 11.8 Å². The van der Waals surface area contributed by atoms with Gasteiger partial charge in [0.05, 0.1) is 7.11 Å². The van der Waals surface area contributed by atoms with Crippen molar-refractivity contribution >= 4 is 40.9 Å². The molecule has 1 unspecified atom stereocenters. The molecule has 1 atom stereocenters. The van der Waals surface area contributed by atoms with Crippen molar-refractivity contribution in [2.75, 3.05) is 21.2 Å². The van der Waals surface area contributed by atoms with Gasteiger partial charge in [-0.1, -0.05) is 180 Å². The van der Waals surface area contributed by atoms with E-state index in [1.54, 1.807) is 35.0 Å². The maximum absolute atomic E-state index is 13.6. The lowest BCUT2D eigenvalue weighted by atomic mass is 9.70. The van der Waals surface area contributed by atoms with E-state index in [1.165, 1.54) is 63.4 Å². The number of piperidine rings is 3. The van der Waals surface area contributed by atoms with Gasteiger partial charge in [0.25, 0.3) is 0 Å². The van der Waals surface area contributed by atoms with Crippen molar-refractivity contribution in [3.8, 4) is 17.2 Å². The number of hydrogen-bond acceptors (Lipinski definition) is 13. The molecular weight excluding hydrogens is 1250 g/mol. The number of aromatic nitrogens is 3. The number of methoxy groups -OCH3 is 1. The number of nitrogens with one attached hydrogen (secondary N) is 1. The Morgan fingerprint density at radius 2 is 1.05 bits per heavy atom. The van der Waals surface area contributed by atoms with Crippen LogP contribution in [0.4, 0.5) is 0 Å². The fourth-order valence-electron chi connectivity index (χ4n) is 16.9. The van der Waals surface area contributed by atoms with Gasteiger partial charge in [0.1, 0.15) is 46.0 Å². The van der Waals surface area contributed by atoms with Crippen LogP contribution in [0.2, 0.25) is 0 Å². The minimum absolute atomic E-state index is 0.0407. The van der Waals surface area contributed by atoms with Gasteiger partial charge < -0.3 is 24.6 Å². The summed E-state index contributed by atoms with van der Waals surface area (Å²) in [6, 6.07) is 29.6. The van der Waals surface area contributed by atoms with Crippen molar-refractivity contribution in [3.63, 3.8) is 0 Å². The second-order valence-electron chi connectivity index (χ2n) is 36.0. The predicted octanol–water partition coefficient (Wildman–Crippen LogP) is 18.6. The summed E-state index contributed by atoms with van der Waals surface area (Å²) in [5.74, 6) is -0.274. The van der Waals surface area contributed by atoms with Crippen molar-refractivity contribution in [2.24, 2.45) is 11.3 Å². The maximum Gasteiger partial charge on any atom is 0.345 e. The number of phenols is 1. The van der Waals surface area contributed by atoms with Crippen LogP contribution in [0.25, 0.3) is 22.8 Å². The molecule has 0 radical (unpaired) electrons. The highest BCUT2D eigenvalue weighted by Crippen LogP contribution is 2.46. The van der Waals surface area contributed by atoms with Crippen molar-refractivity contribution < 1.29 is 38.5 Å². The van der Waals surface area contributed by atoms with Gasteiger partial charge >= 0.3 is 11.9 Å². The number of carbonyl (C=O) groups is 4. The highest BCUT2D eigenvalue weighted by atomic mass is 16.6. The minimum Gasteiger partial charge on any atom is -0.505 e. The fourth-order valence-corrected chi connectivity index (χ4v) is 16.9. The summed E-state index contributed by atoms with van der Waals surface area (Å²) < 4.78 is 17.3. The van der Waals surface area contributed by atoms with E-state index in [4.69, 9.17) is 14.2 Å². The van der Waals surface area contributed by atoms with Gasteiger partial charge in [-0.3, -0.25) is 24.3 Å². The number of ether oxygens (including phenoxy) is 3. The van der Waals surface area contributed by atoms with Gasteiger partial charge in [-0.25, -0.2) is 9.59 Å². The highest BCUT2D eigenvalue weighted by Gasteiger charge is 2.50. The van der Waals surface area contributed by atoms with E-state index in [1.807, 2.05) is 54.6 Å². The molecule has 0 bridgehead atoms. The van der Waals surface area contributed by atoms with Crippen LogP contribution >= 0.6 is 0 Å². The molecule has 5 aromatic rings. The molecule has 2 amide bonds. The number of benzene rings is 4. The van der Waals surface area contributed by atoms with E-state index in [9.17, 15) is 24.3 Å². The lowest BCUT2D eigenvalue weighted by Gasteiger charge is -2.53. The van der Waals surface area contributed by atoms with Crippen molar-refractivity contribution in [2.45, 2.75) is 323 Å². The lowest BCUT2D eigenvalue weighted by Crippen LogP contribution is -2.62. The van der Waals surface area contributed by atoms with E-state index in [2.05, 4.69) is 202 Å². The van der Waals surface area contributed by atoms with Crippen molar-refractivity contribution in [1.82, 2.24) is 35.0 Å². The molecule has 4 fully saturated rings. The van der Waals surface area contributed by atoms with E-state index >= 15 is 0 Å². The molecule has 4 aliphatic rings. The maximum atomic E-state index is 13.6. The van der Waals surface area contributed by atoms with Crippen LogP contribution in [0.3, 0.4) is 0 Å². The molecule has 0 spiro atoms. The lowest BCUT2D eigenvalue weighted by molar-refractivity contribution is -0.162. The van der Waals surface area contributed by atoms with E-state index in [0.29, 0.717) is 49.1 Å². The Bertz CT molecular complexity index is 3450. The molecule has 15 nitrogen and oxygen atoms in total. The number of carbonyl (C=O) groups excluding carboxylic acids is 4. The third kappa shape index (κ3) is 21.1. The Labute approximate surface area is 602 Å². The molecule has 9 rings (SSSR count). The zero-order chi connectivity index (χ0) is 74.2. The van der Waals surface area contributed by atoms with Gasteiger partial charge in [0, 0.05) is 88.3 Å². The zero-order valence-electron chi connectivity index (χ0n) is 66.0. The first-order valence-electron chi connectivity index (χ1n) is 37.6. The van der Waals surface area contributed by atoms with Crippen LogP contribution in [0.1, 0.15) is 283 Å². The molecule has 552 valence electrons. The standard InChI is InChI=1S/C31H48N2O5.C29H35N3O.C25H46N2O2/c1-28(2)17-23(18-29(3,4)32(28)9)37-26(34)25(16-21-12-14-22(36-11)15-13-21)27(35)38-24-19-30(5,6)33(10)31(7,8)20-24;1-27(2,3)19-28(4,5)21-17-22(29(6,7)20-13-9-8-10-14-20)26(33)25(18-21)32-30-23-15-11-12-16-24(23)31-32;1-6-7-8-9-10-11-12-13-14-15-16-20-17-22(28)27(23(20)29)21-18-24(2,3)26-25(4,5)19-21/h12-16,23-24H,17-20H2,1-11H3;8-18,33H,19H2,1-7H3;20-21,26H,6-19H2,1-5H3. The minimum atomic E-state index is -0.640. The molecule has 0 saturated carbocycles. The number of hydrogen-bond donors (Lipinski definition) is 2. The summed E-state index contributed by atoms with van der Waals surface area (Å²) in [5, 5.41) is 24.6. The summed E-state index contributed by atoms with van der Waals surface area (Å²) in [6.07, 6.45) is 20.7. The monoisotopic (exact) mass is 1380 g/mol. The molecule has 4 saturated heterocycles. The number of nitrogens with zero attached hydrogens (tertiary/aromatic N) is 6. The molecular formula is C85H129N7O8. The Morgan fingerprint density at radius 3 is 1.50 bits per heavy atom. The third-order valence-electron chi connectivity index (χ3n) is 22.2. The number of esters is 2. The van der Waals surface area contributed by atoms with Crippen LogP contribution in [-0.4, -0.2) is 131 Å². The number of fused-ring (bicyclic) bond motifs is 1. The Hall–Kier alpha value is -6.42. The third-order valence-corrected chi connectivity index (χ3v) is 22.2. The first kappa shape index (κ1) is 80.9. The molecule has 4 aliphatic heterocycles. The molecule has 15 heteroatoms. The first-order chi connectivity index (χ1) is 46.4. The molecule has 2 N–H and O–H groups in total. The normalized spacial score (nSPS) is 20.2. The average molecular weight is 1380 g/mol. The molecule has 1 aromatic heterocycles. The number of unbranched alkanes of at least 4 members (excludes halogenated alkanes) is 9. The van der Waals surface area contributed by atoms with E-state index in [0.717, 1.165) is 54.3 Å². The molecule has 100 heavy (non-hydrogen) atoms. The van der Waals surface area contributed by atoms with Crippen LogP contribution in [0.15, 0.2) is 96.6 Å². The highest BCUT2D eigenvalue weighted by molar-refractivity contribution is 6.17. The molecule has 0 aliphatic carbocycles.